The molecule has 1 atom stereocenters. The second-order valence-electron chi connectivity index (χ2n) is 1.31. The van der Waals surface area contributed by atoms with Gasteiger partial charge < -0.3 is 9.47 Å². The van der Waals surface area contributed by atoms with Crippen molar-refractivity contribution in [3.8, 4) is 6.07 Å². The van der Waals surface area contributed by atoms with Crippen molar-refractivity contribution in [2.24, 2.45) is 0 Å². The molecular formula is C5H6FNO3. The molecule has 1 fully saturated rings. The van der Waals surface area contributed by atoms with Crippen LogP contribution in [0.4, 0.5) is 9.18 Å². The quantitative estimate of drug-likeness (QED) is 0.479. The molecule has 0 aliphatic carbocycles. The van der Waals surface area contributed by atoms with Gasteiger partial charge in [0.25, 0.3) is 6.36 Å². The van der Waals surface area contributed by atoms with Gasteiger partial charge in [-0.2, -0.15) is 9.65 Å². The van der Waals surface area contributed by atoms with E-state index in [9.17, 15) is 9.18 Å². The van der Waals surface area contributed by atoms with E-state index in [0.29, 0.717) is 0 Å². The average Bonchev–Trinajstić information content (AvgIpc) is 2.17. The van der Waals surface area contributed by atoms with E-state index < -0.39 is 12.5 Å². The minimum atomic E-state index is -1.55. The Morgan fingerprint density at radius 1 is 1.90 bits per heavy atom. The number of carbonyl (C=O) groups excluding carboxylic acids is 1. The molecule has 0 aromatic carbocycles. The summed E-state index contributed by atoms with van der Waals surface area (Å²) >= 11 is 0. The highest BCUT2D eigenvalue weighted by molar-refractivity contribution is 5.61. The summed E-state index contributed by atoms with van der Waals surface area (Å²) in [5.41, 5.74) is 0. The minimum absolute atomic E-state index is 0.265. The number of nitrogens with zero attached hydrogens (tertiary/aromatic N) is 1. The largest absolute Gasteiger partial charge is 0.511 e. The van der Waals surface area contributed by atoms with Crippen LogP contribution < -0.4 is 0 Å². The number of carbonyl (C=O) groups is 1. The van der Waals surface area contributed by atoms with Crippen molar-refractivity contribution in [2.75, 3.05) is 6.61 Å². The van der Waals surface area contributed by atoms with Crippen molar-refractivity contribution in [3.63, 3.8) is 0 Å². The number of rotatable bonds is 0. The van der Waals surface area contributed by atoms with Gasteiger partial charge in [-0.25, -0.2) is 4.79 Å². The molecule has 0 amide bonds. The van der Waals surface area contributed by atoms with Crippen LogP contribution in [0.2, 0.25) is 0 Å². The number of alkyl halides is 1. The molecule has 1 rings (SSSR count). The third kappa shape index (κ3) is 3.66. The van der Waals surface area contributed by atoms with Crippen LogP contribution in [0.5, 0.6) is 0 Å². The summed E-state index contributed by atoms with van der Waals surface area (Å²) in [7, 11) is 0. The van der Waals surface area contributed by atoms with Crippen molar-refractivity contribution in [2.45, 2.75) is 13.3 Å². The van der Waals surface area contributed by atoms with Crippen LogP contribution >= 0.6 is 0 Å². The van der Waals surface area contributed by atoms with Gasteiger partial charge in [-0.1, -0.05) is 0 Å². The molecule has 1 aliphatic rings. The predicted octanol–water partition coefficient (Wildman–Crippen LogP) is 0.979. The van der Waals surface area contributed by atoms with Gasteiger partial charge in [0.05, 0.1) is 6.07 Å². The highest BCUT2D eigenvalue weighted by atomic mass is 19.1. The molecular weight excluding hydrogens is 141 g/mol. The number of hydrogen-bond acceptors (Lipinski definition) is 4. The van der Waals surface area contributed by atoms with E-state index in [4.69, 9.17) is 5.26 Å². The third-order valence-corrected chi connectivity index (χ3v) is 0.556. The van der Waals surface area contributed by atoms with Crippen LogP contribution in [0.15, 0.2) is 0 Å². The number of halogens is 1. The van der Waals surface area contributed by atoms with E-state index in [1.54, 1.807) is 6.07 Å². The van der Waals surface area contributed by atoms with Gasteiger partial charge in [0.2, 0.25) is 0 Å². The Labute approximate surface area is 57.1 Å². The number of nitriles is 1. The van der Waals surface area contributed by atoms with Crippen molar-refractivity contribution < 1.29 is 18.7 Å². The second kappa shape index (κ2) is 4.56. The monoisotopic (exact) mass is 147 g/mol. The molecule has 0 saturated carbocycles. The first-order valence-corrected chi connectivity index (χ1v) is 2.49. The Bertz CT molecular complexity index is 153. The zero-order chi connectivity index (χ0) is 7.98. The lowest BCUT2D eigenvalue weighted by Gasteiger charge is -1.85. The Balaban J connectivity index is 0.000000236. The Morgan fingerprint density at radius 3 is 2.50 bits per heavy atom. The minimum Gasteiger partial charge on any atom is -0.427 e. The maximum atomic E-state index is 11.6. The van der Waals surface area contributed by atoms with Gasteiger partial charge in [0.15, 0.2) is 6.61 Å². The Kier molecular flexibility index (Phi) is 3.96. The molecule has 4 nitrogen and oxygen atoms in total. The molecule has 0 spiro atoms. The van der Waals surface area contributed by atoms with Gasteiger partial charge in [-0.3, -0.25) is 0 Å². The van der Waals surface area contributed by atoms with Crippen LogP contribution in [0.1, 0.15) is 6.92 Å². The predicted molar refractivity (Wildman–Crippen MR) is 28.6 cm³/mol. The van der Waals surface area contributed by atoms with E-state index in [-0.39, 0.29) is 6.61 Å². The van der Waals surface area contributed by atoms with Crippen molar-refractivity contribution in [3.05, 3.63) is 0 Å². The van der Waals surface area contributed by atoms with Gasteiger partial charge in [-0.15, -0.1) is 0 Å². The third-order valence-electron chi connectivity index (χ3n) is 0.556. The zero-order valence-electron chi connectivity index (χ0n) is 5.33. The maximum absolute atomic E-state index is 11.6. The lowest BCUT2D eigenvalue weighted by molar-refractivity contribution is 0.0573. The molecule has 56 valence electrons. The molecule has 10 heavy (non-hydrogen) atoms. The fourth-order valence-electron chi connectivity index (χ4n) is 0.306. The number of cyclic esters (lactones) is 2. The molecule has 1 unspecified atom stereocenters. The summed E-state index contributed by atoms with van der Waals surface area (Å²) in [5, 5.41) is 7.32. The topological polar surface area (TPSA) is 59.3 Å². The summed E-state index contributed by atoms with van der Waals surface area (Å²) < 4.78 is 19.5. The Hall–Kier alpha value is -1.31. The second-order valence-corrected chi connectivity index (χ2v) is 1.31. The van der Waals surface area contributed by atoms with E-state index in [1.807, 2.05) is 0 Å². The molecule has 1 heterocycles. The van der Waals surface area contributed by atoms with Crippen molar-refractivity contribution in [1.29, 1.82) is 5.26 Å². The van der Waals surface area contributed by atoms with Crippen LogP contribution in [-0.4, -0.2) is 19.1 Å². The Morgan fingerprint density at radius 2 is 2.40 bits per heavy atom. The summed E-state index contributed by atoms with van der Waals surface area (Å²) in [6.07, 6.45) is -2.47. The average molecular weight is 147 g/mol. The maximum Gasteiger partial charge on any atom is 0.511 e. The molecule has 0 N–H and O–H groups in total. The van der Waals surface area contributed by atoms with E-state index in [2.05, 4.69) is 9.47 Å². The van der Waals surface area contributed by atoms with Crippen LogP contribution in [0.25, 0.3) is 0 Å². The molecule has 0 aromatic rings. The summed E-state index contributed by atoms with van der Waals surface area (Å²) in [6.45, 7) is 1.17. The molecule has 1 aliphatic heterocycles. The first-order valence-electron chi connectivity index (χ1n) is 2.49. The fraction of sp³-hybridized carbons (Fsp3) is 0.600. The molecule has 0 bridgehead atoms. The first kappa shape index (κ1) is 8.69. The van der Waals surface area contributed by atoms with Crippen LogP contribution in [0.3, 0.4) is 0 Å². The summed E-state index contributed by atoms with van der Waals surface area (Å²) in [6, 6.07) is 1.75. The summed E-state index contributed by atoms with van der Waals surface area (Å²) in [4.78, 5) is 9.77. The van der Waals surface area contributed by atoms with E-state index in [0.717, 1.165) is 0 Å². The normalized spacial score (nSPS) is 21.3. The fourth-order valence-corrected chi connectivity index (χ4v) is 0.306. The summed E-state index contributed by atoms with van der Waals surface area (Å²) in [5.74, 6) is 0. The lowest BCUT2D eigenvalue weighted by Crippen LogP contribution is -1.98. The van der Waals surface area contributed by atoms with Gasteiger partial charge in [-0.05, 0) is 0 Å². The zero-order valence-corrected chi connectivity index (χ0v) is 5.33. The van der Waals surface area contributed by atoms with Gasteiger partial charge >= 0.3 is 6.16 Å². The first-order chi connectivity index (χ1) is 4.70. The molecule has 5 heteroatoms. The van der Waals surface area contributed by atoms with Crippen molar-refractivity contribution in [1.82, 2.24) is 0 Å². The molecule has 0 aromatic heterocycles. The molecule has 1 saturated heterocycles. The van der Waals surface area contributed by atoms with Crippen LogP contribution in [0, 0.1) is 11.3 Å². The number of ether oxygens (including phenoxy) is 2. The number of hydrogen-bond donors (Lipinski definition) is 0. The van der Waals surface area contributed by atoms with Crippen LogP contribution in [-0.2, 0) is 9.47 Å². The van der Waals surface area contributed by atoms with Gasteiger partial charge in [0.1, 0.15) is 0 Å². The smallest absolute Gasteiger partial charge is 0.427 e. The van der Waals surface area contributed by atoms with Gasteiger partial charge in [0, 0.05) is 6.92 Å². The van der Waals surface area contributed by atoms with Crippen molar-refractivity contribution >= 4 is 6.16 Å². The lowest BCUT2D eigenvalue weighted by atomic mass is 10.8. The highest BCUT2D eigenvalue weighted by Crippen LogP contribution is 2.05. The molecule has 0 radical (unpaired) electrons. The SMILES string of the molecule is CC#N.O=C1OCC(F)O1. The van der Waals surface area contributed by atoms with E-state index >= 15 is 0 Å². The standard InChI is InChI=1S/C3H3FO3.C2H3N/c4-2-1-6-3(5)7-2;1-2-3/h2H,1H2;1H3. The van der Waals surface area contributed by atoms with E-state index in [1.165, 1.54) is 6.92 Å². The highest BCUT2D eigenvalue weighted by Gasteiger charge is 2.23.